The van der Waals surface area contributed by atoms with E-state index < -0.39 is 71.9 Å². The minimum atomic E-state index is -4.28. The first-order chi connectivity index (χ1) is 18.3. The average molecular weight is 648 g/mol. The number of aromatic amines is 1. The number of aromatic nitrogens is 2. The van der Waals surface area contributed by atoms with Crippen LogP contribution in [0, 0.1) is 12.3 Å². The highest BCUT2D eigenvalue weighted by atomic mass is 35.5. The van der Waals surface area contributed by atoms with E-state index in [9.17, 15) is 28.8 Å². The first-order valence-corrected chi connectivity index (χ1v) is 15.6. The Bertz CT molecular complexity index is 1230. The molecule has 0 aliphatic carbocycles. The highest BCUT2D eigenvalue weighted by Crippen LogP contribution is 2.49. The molecule has 1 saturated heterocycles. The van der Waals surface area contributed by atoms with E-state index >= 15 is 0 Å². The second-order valence-electron chi connectivity index (χ2n) is 10.5. The number of aryl methyl sites for hydroxylation is 1. The number of carbonyl (C=O) groups is 2. The smallest absolute Gasteiger partial charge is 0.406 e. The molecule has 0 bridgehead atoms. The summed E-state index contributed by atoms with van der Waals surface area (Å²) in [6, 6.07) is -1.12. The first kappa shape index (κ1) is 35.0. The molecule has 0 spiro atoms. The Hall–Kier alpha value is -1.22. The number of ether oxygens (including phenoxy) is 2. The predicted molar refractivity (Wildman–Crippen MR) is 151 cm³/mol. The molecule has 2 unspecified atom stereocenters. The topological polar surface area (TPSA) is 175 Å². The van der Waals surface area contributed by atoms with Crippen molar-refractivity contribution in [3.63, 3.8) is 0 Å². The quantitative estimate of drug-likeness (QED) is 0.131. The molecule has 3 N–H and O–H groups in total. The van der Waals surface area contributed by atoms with Crippen LogP contribution in [0.5, 0.6) is 0 Å². The van der Waals surface area contributed by atoms with Crippen molar-refractivity contribution in [1.29, 1.82) is 0 Å². The minimum Gasteiger partial charge on any atom is -0.462 e. The molecular formula is C23H36Cl2N3O10PS. The molecule has 17 heteroatoms. The summed E-state index contributed by atoms with van der Waals surface area (Å²) < 4.78 is 34.3. The number of alkyl halides is 2. The summed E-state index contributed by atoms with van der Waals surface area (Å²) in [5, 5.41) is 13.1. The summed E-state index contributed by atoms with van der Waals surface area (Å²) in [5.41, 5.74) is -1.93. The fraction of sp³-hybridized carbons (Fsp3) is 0.739. The highest BCUT2D eigenvalue weighted by Gasteiger charge is 2.56. The number of hydrogen-bond donors (Lipinski definition) is 3. The number of rotatable bonds is 12. The molecule has 1 fully saturated rings. The van der Waals surface area contributed by atoms with E-state index in [1.165, 1.54) is 20.0 Å². The Morgan fingerprint density at radius 3 is 2.48 bits per heavy atom. The number of nitrogens with one attached hydrogen (secondary N) is 2. The summed E-state index contributed by atoms with van der Waals surface area (Å²) >= 11 is 13.7. The van der Waals surface area contributed by atoms with Crippen LogP contribution < -0.4 is 16.3 Å². The predicted octanol–water partition coefficient (Wildman–Crippen LogP) is 2.65. The molecule has 2 rings (SSSR count). The zero-order valence-electron chi connectivity index (χ0n) is 23.3. The van der Waals surface area contributed by atoms with Crippen molar-refractivity contribution in [3.05, 3.63) is 32.6 Å². The van der Waals surface area contributed by atoms with Crippen LogP contribution in [0.1, 0.15) is 53.3 Å². The average Bonchev–Trinajstić information content (AvgIpc) is 3.05. The van der Waals surface area contributed by atoms with Gasteiger partial charge in [0.25, 0.3) is 5.56 Å². The van der Waals surface area contributed by atoms with E-state index in [2.05, 4.69) is 10.1 Å². The Labute approximate surface area is 246 Å². The monoisotopic (exact) mass is 647 g/mol. The molecule has 0 radical (unpaired) electrons. The van der Waals surface area contributed by atoms with E-state index in [-0.39, 0.29) is 23.0 Å². The van der Waals surface area contributed by atoms with Crippen molar-refractivity contribution in [1.82, 2.24) is 14.6 Å². The number of nitrogens with zero attached hydrogens (tertiary/aromatic N) is 1. The Kier molecular flexibility index (Phi) is 12.1. The Balaban J connectivity index is 2.19. The summed E-state index contributed by atoms with van der Waals surface area (Å²) in [4.78, 5) is 50.7. The van der Waals surface area contributed by atoms with Gasteiger partial charge in [-0.1, -0.05) is 55.7 Å². The number of halogens is 2. The number of esters is 1. The van der Waals surface area contributed by atoms with Gasteiger partial charge in [-0.05, 0) is 27.7 Å². The van der Waals surface area contributed by atoms with Crippen molar-refractivity contribution >= 4 is 53.8 Å². The van der Waals surface area contributed by atoms with E-state index in [4.69, 9.17) is 41.7 Å². The van der Waals surface area contributed by atoms with Crippen LogP contribution in [0.15, 0.2) is 15.8 Å². The van der Waals surface area contributed by atoms with Crippen LogP contribution >= 0.6 is 42.7 Å². The fourth-order valence-electron chi connectivity index (χ4n) is 3.28. The maximum atomic E-state index is 13.6. The van der Waals surface area contributed by atoms with E-state index in [1.807, 2.05) is 0 Å². The number of aliphatic hydroxyl groups excluding tert-OH is 1. The zero-order chi connectivity index (χ0) is 30.6. The number of aliphatic hydroxyl groups is 1. The molecule has 0 saturated carbocycles. The molecule has 2 heterocycles. The molecule has 1 aromatic heterocycles. The summed E-state index contributed by atoms with van der Waals surface area (Å²) in [6.45, 7) is 10.6. The van der Waals surface area contributed by atoms with Crippen molar-refractivity contribution in [2.45, 2.75) is 83.4 Å². The Morgan fingerprint density at radius 1 is 1.27 bits per heavy atom. The van der Waals surface area contributed by atoms with Crippen LogP contribution in [0.3, 0.4) is 0 Å². The third kappa shape index (κ3) is 9.14. The maximum Gasteiger partial charge on any atom is 0.406 e. The second-order valence-corrected chi connectivity index (χ2v) is 14.8. The van der Waals surface area contributed by atoms with Gasteiger partial charge in [0, 0.05) is 22.9 Å². The summed E-state index contributed by atoms with van der Waals surface area (Å²) in [5.74, 6) is -0.577. The molecule has 40 heavy (non-hydrogen) atoms. The van der Waals surface area contributed by atoms with Crippen LogP contribution in [-0.4, -0.2) is 73.4 Å². The molecule has 1 aliphatic heterocycles. The summed E-state index contributed by atoms with van der Waals surface area (Å²) in [7, 11) is -4.28. The van der Waals surface area contributed by atoms with Gasteiger partial charge < -0.3 is 14.6 Å². The molecule has 1 aliphatic rings. The molecule has 5 atom stereocenters. The number of carbonyl (C=O) groups excluding carboxylic acids is 2. The van der Waals surface area contributed by atoms with Crippen molar-refractivity contribution in [3.8, 4) is 0 Å². The van der Waals surface area contributed by atoms with Crippen LogP contribution in [0.4, 0.5) is 0 Å². The van der Waals surface area contributed by atoms with Crippen molar-refractivity contribution in [2.24, 2.45) is 5.41 Å². The molecular weight excluding hydrogens is 612 g/mol. The third-order valence-corrected chi connectivity index (χ3v) is 9.21. The zero-order valence-corrected chi connectivity index (χ0v) is 26.5. The molecule has 1 aromatic rings. The SMILES string of the molecule is Cc1cn([C@@H]2O[C@H](COP(=O)(NC(C)C(=O)OC(C)C)OCCSC(=O)C(C)(C)C)[C@@H](O)C2(Cl)Cl)c(=O)[nH]c1=O. The number of thioether (sulfide) groups is 1. The van der Waals surface area contributed by atoms with Gasteiger partial charge in [-0.3, -0.25) is 33.0 Å². The molecule has 0 amide bonds. The van der Waals surface area contributed by atoms with E-state index in [0.717, 1.165) is 16.3 Å². The molecule has 0 aromatic carbocycles. The lowest BCUT2D eigenvalue weighted by atomic mass is 10.00. The van der Waals surface area contributed by atoms with Gasteiger partial charge in [-0.2, -0.15) is 0 Å². The van der Waals surface area contributed by atoms with Gasteiger partial charge >= 0.3 is 19.4 Å². The van der Waals surface area contributed by atoms with Crippen LogP contribution in [0.25, 0.3) is 0 Å². The van der Waals surface area contributed by atoms with Gasteiger partial charge in [0.2, 0.25) is 0 Å². The third-order valence-electron chi connectivity index (χ3n) is 5.43. The normalized spacial score (nSPS) is 23.1. The maximum absolute atomic E-state index is 13.6. The minimum absolute atomic E-state index is 0.101. The van der Waals surface area contributed by atoms with Gasteiger partial charge in [0.15, 0.2) is 15.7 Å². The lowest BCUT2D eigenvalue weighted by molar-refractivity contribution is -0.149. The largest absolute Gasteiger partial charge is 0.462 e. The van der Waals surface area contributed by atoms with Gasteiger partial charge in [0.1, 0.15) is 18.2 Å². The lowest BCUT2D eigenvalue weighted by Gasteiger charge is -2.25. The molecule has 228 valence electrons. The molecule has 13 nitrogen and oxygen atoms in total. The first-order valence-electron chi connectivity index (χ1n) is 12.4. The van der Waals surface area contributed by atoms with Gasteiger partial charge in [-0.25, -0.2) is 14.4 Å². The summed E-state index contributed by atoms with van der Waals surface area (Å²) in [6.07, 6.45) is -3.66. The lowest BCUT2D eigenvalue weighted by Crippen LogP contribution is -2.42. The van der Waals surface area contributed by atoms with Crippen LogP contribution in [-0.2, 0) is 32.7 Å². The second kappa shape index (κ2) is 13.8. The standard InChI is InChI=1S/C23H36Cl2N3O10PS/c1-12(2)37-18(31)14(4)27-39(34,35-8-9-40-20(32)22(5,6)7)36-11-15-16(29)23(24,25)19(38-15)28-10-13(3)17(30)26-21(28)33/h10,12,14-16,19,29H,8-9,11H2,1-7H3,(H,27,34)(H,26,30,33)/t14?,15-,16-,19-,39?/m1/s1. The Morgan fingerprint density at radius 2 is 1.90 bits per heavy atom. The number of H-pyrrole nitrogens is 1. The number of hydrogen-bond acceptors (Lipinski definition) is 11. The highest BCUT2D eigenvalue weighted by molar-refractivity contribution is 8.13. The van der Waals surface area contributed by atoms with Crippen molar-refractivity contribution < 1.29 is 37.8 Å². The van der Waals surface area contributed by atoms with Gasteiger partial charge in [0.05, 0.1) is 19.3 Å². The van der Waals surface area contributed by atoms with E-state index in [1.54, 1.807) is 34.6 Å². The van der Waals surface area contributed by atoms with Crippen LogP contribution in [0.2, 0.25) is 0 Å². The van der Waals surface area contributed by atoms with Gasteiger partial charge in [-0.15, -0.1) is 0 Å². The van der Waals surface area contributed by atoms with Crippen molar-refractivity contribution in [2.75, 3.05) is 19.0 Å². The van der Waals surface area contributed by atoms with E-state index in [0.29, 0.717) is 0 Å². The fourth-order valence-corrected chi connectivity index (χ4v) is 6.26.